The van der Waals surface area contributed by atoms with Crippen LogP contribution in [0.2, 0.25) is 0 Å². The number of aliphatic hydroxyl groups excluding tert-OH is 1. The van der Waals surface area contributed by atoms with Crippen LogP contribution in [-0.4, -0.2) is 52.2 Å². The van der Waals surface area contributed by atoms with E-state index in [0.717, 1.165) is 10.4 Å². The number of carbonyl (C=O) groups excluding carboxylic acids is 2. The topological polar surface area (TPSA) is 73.7 Å². The zero-order chi connectivity index (χ0) is 22.0. The van der Waals surface area contributed by atoms with E-state index in [1.54, 1.807) is 65.0 Å². The lowest BCUT2D eigenvalue weighted by Crippen LogP contribution is -2.37. The molecule has 0 bridgehead atoms. The van der Waals surface area contributed by atoms with E-state index in [1.807, 2.05) is 42.6 Å². The van der Waals surface area contributed by atoms with Gasteiger partial charge in [0.25, 0.3) is 11.7 Å². The molecule has 1 N–H and O–H groups in total. The number of hydrogen-bond donors (Lipinski definition) is 1. The van der Waals surface area contributed by atoms with Gasteiger partial charge < -0.3 is 14.9 Å². The summed E-state index contributed by atoms with van der Waals surface area (Å²) in [5, 5.41) is 13.0. The van der Waals surface area contributed by atoms with Crippen LogP contribution in [0.3, 0.4) is 0 Å². The molecule has 1 fully saturated rings. The number of amides is 1. The van der Waals surface area contributed by atoms with Gasteiger partial charge in [-0.1, -0.05) is 36.4 Å². The van der Waals surface area contributed by atoms with Crippen LogP contribution in [0.5, 0.6) is 0 Å². The standard InChI is InChI=1S/C24H23N3O3S/c1-26(2)18(19-9-6-14-31-19)15-27-21(16-10-12-25-13-11-16)20(23(29)24(27)30)22(28)17-7-4-3-5-8-17/h3-14,18,21,28H,15H2,1-2H3/t18-,21+/m1/s1. The van der Waals surface area contributed by atoms with Gasteiger partial charge in [-0.3, -0.25) is 14.6 Å². The van der Waals surface area contributed by atoms with Gasteiger partial charge >= 0.3 is 0 Å². The number of hydrogen-bond acceptors (Lipinski definition) is 6. The molecule has 2 atom stereocenters. The molecule has 4 rings (SSSR count). The summed E-state index contributed by atoms with van der Waals surface area (Å²) in [5.74, 6) is -1.45. The van der Waals surface area contributed by atoms with Crippen molar-refractivity contribution in [3.8, 4) is 0 Å². The average Bonchev–Trinajstić information content (AvgIpc) is 3.40. The monoisotopic (exact) mass is 433 g/mol. The highest BCUT2D eigenvalue weighted by Gasteiger charge is 2.47. The van der Waals surface area contributed by atoms with Gasteiger partial charge in [0.2, 0.25) is 0 Å². The zero-order valence-electron chi connectivity index (χ0n) is 17.3. The Morgan fingerprint density at radius 2 is 1.81 bits per heavy atom. The van der Waals surface area contributed by atoms with Gasteiger partial charge in [0, 0.05) is 29.4 Å². The van der Waals surface area contributed by atoms with E-state index in [0.29, 0.717) is 12.1 Å². The van der Waals surface area contributed by atoms with E-state index < -0.39 is 17.7 Å². The summed E-state index contributed by atoms with van der Waals surface area (Å²) in [6.45, 7) is 0.316. The normalized spacial score (nSPS) is 19.2. The van der Waals surface area contributed by atoms with Crippen molar-refractivity contribution in [3.63, 3.8) is 0 Å². The minimum absolute atomic E-state index is 0.0840. The maximum atomic E-state index is 13.2. The zero-order valence-corrected chi connectivity index (χ0v) is 18.1. The molecule has 1 aliphatic heterocycles. The summed E-state index contributed by atoms with van der Waals surface area (Å²) in [4.78, 5) is 35.0. The van der Waals surface area contributed by atoms with Crippen LogP contribution in [0.4, 0.5) is 0 Å². The first-order valence-corrected chi connectivity index (χ1v) is 10.8. The number of rotatable bonds is 6. The lowest BCUT2D eigenvalue weighted by molar-refractivity contribution is -0.140. The number of aliphatic hydroxyl groups is 1. The van der Waals surface area contributed by atoms with Crippen molar-refractivity contribution in [1.29, 1.82) is 0 Å². The third kappa shape index (κ3) is 4.02. The second kappa shape index (κ2) is 8.83. The average molecular weight is 434 g/mol. The first-order valence-electron chi connectivity index (χ1n) is 9.92. The number of ketones is 1. The molecule has 7 heteroatoms. The molecule has 2 aromatic heterocycles. The number of thiophene rings is 1. The molecule has 0 aliphatic carbocycles. The van der Waals surface area contributed by atoms with Crippen LogP contribution in [0.1, 0.15) is 28.1 Å². The number of Topliss-reactive ketones (excluding diaryl/α,β-unsaturated/α-hetero) is 1. The minimum Gasteiger partial charge on any atom is -0.507 e. The van der Waals surface area contributed by atoms with E-state index in [4.69, 9.17) is 0 Å². The van der Waals surface area contributed by atoms with Crippen molar-refractivity contribution in [1.82, 2.24) is 14.8 Å². The van der Waals surface area contributed by atoms with E-state index in [-0.39, 0.29) is 17.4 Å². The molecule has 0 radical (unpaired) electrons. The maximum Gasteiger partial charge on any atom is 0.295 e. The van der Waals surface area contributed by atoms with Crippen molar-refractivity contribution >= 4 is 28.8 Å². The highest BCUT2D eigenvalue weighted by atomic mass is 32.1. The highest BCUT2D eigenvalue weighted by molar-refractivity contribution is 7.10. The summed E-state index contributed by atoms with van der Waals surface area (Å²) < 4.78 is 0. The van der Waals surface area contributed by atoms with E-state index in [2.05, 4.69) is 4.98 Å². The highest BCUT2D eigenvalue weighted by Crippen LogP contribution is 2.40. The number of benzene rings is 1. The molecule has 3 aromatic rings. The molecule has 31 heavy (non-hydrogen) atoms. The number of carbonyl (C=O) groups is 2. The van der Waals surface area contributed by atoms with Crippen LogP contribution in [0.15, 0.2) is 77.9 Å². The quantitative estimate of drug-likeness (QED) is 0.363. The molecule has 1 aromatic carbocycles. The lowest BCUT2D eigenvalue weighted by atomic mass is 9.96. The third-order valence-electron chi connectivity index (χ3n) is 5.47. The Kier molecular flexibility index (Phi) is 5.97. The van der Waals surface area contributed by atoms with Gasteiger partial charge in [-0.15, -0.1) is 11.3 Å². The summed E-state index contributed by atoms with van der Waals surface area (Å²) >= 11 is 1.61. The molecule has 0 saturated carbocycles. The third-order valence-corrected chi connectivity index (χ3v) is 6.45. The largest absolute Gasteiger partial charge is 0.507 e. The molecule has 1 aliphatic rings. The molecule has 0 spiro atoms. The fourth-order valence-corrected chi connectivity index (χ4v) is 4.80. The Morgan fingerprint density at radius 3 is 2.42 bits per heavy atom. The van der Waals surface area contributed by atoms with Crippen LogP contribution in [-0.2, 0) is 9.59 Å². The number of pyridine rings is 1. The fraction of sp³-hybridized carbons (Fsp3) is 0.208. The molecule has 158 valence electrons. The number of aromatic nitrogens is 1. The van der Waals surface area contributed by atoms with Gasteiger partial charge in [-0.25, -0.2) is 0 Å². The lowest BCUT2D eigenvalue weighted by Gasteiger charge is -2.32. The first-order chi connectivity index (χ1) is 15.0. The molecule has 3 heterocycles. The Hall–Kier alpha value is -3.29. The van der Waals surface area contributed by atoms with Crippen molar-refractivity contribution in [3.05, 3.63) is 93.9 Å². The Labute approximate surface area is 185 Å². The summed E-state index contributed by atoms with van der Waals surface area (Å²) in [6, 6.07) is 15.6. The van der Waals surface area contributed by atoms with Gasteiger partial charge in [0.05, 0.1) is 17.7 Å². The first kappa shape index (κ1) is 21.0. The second-order valence-electron chi connectivity index (χ2n) is 7.59. The van der Waals surface area contributed by atoms with Gasteiger partial charge in [-0.05, 0) is 43.2 Å². The molecule has 0 unspecified atom stereocenters. The molecular weight excluding hydrogens is 410 g/mol. The Bertz CT molecular complexity index is 1100. The SMILES string of the molecule is CN(C)[C@H](CN1C(=O)C(=O)C(=C(O)c2ccccc2)[C@@H]1c1ccncc1)c1cccs1. The van der Waals surface area contributed by atoms with Gasteiger partial charge in [-0.2, -0.15) is 0 Å². The summed E-state index contributed by atoms with van der Waals surface area (Å²) in [5.41, 5.74) is 1.34. The fourth-order valence-electron chi connectivity index (χ4n) is 3.89. The molecule has 1 saturated heterocycles. The number of likely N-dealkylation sites (tertiary alicyclic amines) is 1. The predicted molar refractivity (Wildman–Crippen MR) is 120 cm³/mol. The molecule has 1 amide bonds. The minimum atomic E-state index is -0.689. The predicted octanol–water partition coefficient (Wildman–Crippen LogP) is 3.87. The molecular formula is C24H23N3O3S. The van der Waals surface area contributed by atoms with Crippen molar-refractivity contribution < 1.29 is 14.7 Å². The van der Waals surface area contributed by atoms with Crippen molar-refractivity contribution in [2.24, 2.45) is 0 Å². The van der Waals surface area contributed by atoms with Crippen LogP contribution in [0.25, 0.3) is 5.76 Å². The smallest absolute Gasteiger partial charge is 0.295 e. The summed E-state index contributed by atoms with van der Waals surface area (Å²) in [6.07, 6.45) is 3.25. The molecule has 6 nitrogen and oxygen atoms in total. The Balaban J connectivity index is 1.83. The van der Waals surface area contributed by atoms with Gasteiger partial charge in [0.1, 0.15) is 5.76 Å². The summed E-state index contributed by atoms with van der Waals surface area (Å²) in [7, 11) is 3.90. The second-order valence-corrected chi connectivity index (χ2v) is 8.57. The number of likely N-dealkylation sites (N-methyl/N-ethyl adjacent to an activating group) is 1. The van der Waals surface area contributed by atoms with Crippen LogP contribution in [0, 0.1) is 0 Å². The van der Waals surface area contributed by atoms with Crippen molar-refractivity contribution in [2.45, 2.75) is 12.1 Å². The van der Waals surface area contributed by atoms with Crippen LogP contribution >= 0.6 is 11.3 Å². The van der Waals surface area contributed by atoms with Gasteiger partial charge in [0.15, 0.2) is 0 Å². The maximum absolute atomic E-state index is 13.2. The number of nitrogens with zero attached hydrogens (tertiary/aromatic N) is 3. The van der Waals surface area contributed by atoms with Crippen molar-refractivity contribution in [2.75, 3.05) is 20.6 Å². The van der Waals surface area contributed by atoms with E-state index >= 15 is 0 Å². The van der Waals surface area contributed by atoms with E-state index in [1.165, 1.54) is 0 Å². The Morgan fingerprint density at radius 1 is 1.10 bits per heavy atom. The van der Waals surface area contributed by atoms with E-state index in [9.17, 15) is 14.7 Å². The van der Waals surface area contributed by atoms with Crippen LogP contribution < -0.4 is 0 Å².